The van der Waals surface area contributed by atoms with Gasteiger partial charge in [0.15, 0.2) is 0 Å². The molecule has 3 nitrogen and oxygen atoms in total. The fourth-order valence-corrected chi connectivity index (χ4v) is 4.05. The van der Waals surface area contributed by atoms with E-state index in [4.69, 9.17) is 5.73 Å². The van der Waals surface area contributed by atoms with Crippen LogP contribution in [0, 0.1) is 0 Å². The highest BCUT2D eigenvalue weighted by atomic mass is 16.2. The summed E-state index contributed by atoms with van der Waals surface area (Å²) in [6.45, 7) is 0. The Labute approximate surface area is 132 Å². The minimum absolute atomic E-state index is 0.169. The van der Waals surface area contributed by atoms with Crippen LogP contribution in [0.1, 0.15) is 68.9 Å². The Morgan fingerprint density at radius 1 is 1.00 bits per heavy atom. The molecule has 3 aliphatic rings. The SMILES string of the molecule is NC1(c2ccccc2C2(C(=O)NC3CCCCC3)CC2)CC1. The summed E-state index contributed by atoms with van der Waals surface area (Å²) in [7, 11) is 0. The molecule has 4 rings (SSSR count). The second kappa shape index (κ2) is 5.09. The molecule has 3 N–H and O–H groups in total. The molecular formula is C19H26N2O. The number of nitrogens with two attached hydrogens (primary N) is 1. The minimum Gasteiger partial charge on any atom is -0.353 e. The largest absolute Gasteiger partial charge is 0.353 e. The molecule has 3 saturated carbocycles. The Kier molecular flexibility index (Phi) is 3.30. The van der Waals surface area contributed by atoms with Gasteiger partial charge in [-0.05, 0) is 49.7 Å². The van der Waals surface area contributed by atoms with Gasteiger partial charge in [0.25, 0.3) is 0 Å². The van der Waals surface area contributed by atoms with Gasteiger partial charge >= 0.3 is 0 Å². The summed E-state index contributed by atoms with van der Waals surface area (Å²) >= 11 is 0. The first-order valence-electron chi connectivity index (χ1n) is 8.84. The van der Waals surface area contributed by atoms with E-state index in [2.05, 4.69) is 29.6 Å². The van der Waals surface area contributed by atoms with Crippen LogP contribution in [-0.2, 0) is 15.7 Å². The first-order valence-corrected chi connectivity index (χ1v) is 8.84. The fraction of sp³-hybridized carbons (Fsp3) is 0.632. The number of amides is 1. The zero-order valence-corrected chi connectivity index (χ0v) is 13.2. The molecule has 3 aliphatic carbocycles. The molecule has 1 aromatic carbocycles. The fourth-order valence-electron chi connectivity index (χ4n) is 4.05. The quantitative estimate of drug-likeness (QED) is 0.897. The summed E-state index contributed by atoms with van der Waals surface area (Å²) in [6, 6.07) is 8.77. The number of rotatable bonds is 4. The maximum absolute atomic E-state index is 12.9. The van der Waals surface area contributed by atoms with E-state index in [-0.39, 0.29) is 16.9 Å². The predicted octanol–water partition coefficient (Wildman–Crippen LogP) is 3.11. The van der Waals surface area contributed by atoms with E-state index in [0.717, 1.165) is 38.5 Å². The lowest BCUT2D eigenvalue weighted by Gasteiger charge is -2.27. The van der Waals surface area contributed by atoms with Gasteiger partial charge in [0, 0.05) is 11.6 Å². The van der Waals surface area contributed by atoms with E-state index in [9.17, 15) is 4.79 Å². The van der Waals surface area contributed by atoms with Gasteiger partial charge in [-0.25, -0.2) is 0 Å². The van der Waals surface area contributed by atoms with Crippen molar-refractivity contribution in [2.75, 3.05) is 0 Å². The van der Waals surface area contributed by atoms with E-state index in [1.165, 1.54) is 30.4 Å². The maximum Gasteiger partial charge on any atom is 0.230 e. The minimum atomic E-state index is -0.289. The van der Waals surface area contributed by atoms with E-state index in [1.807, 2.05) is 0 Å². The van der Waals surface area contributed by atoms with E-state index >= 15 is 0 Å². The second-order valence-corrected chi connectivity index (χ2v) is 7.59. The van der Waals surface area contributed by atoms with Crippen LogP contribution in [-0.4, -0.2) is 11.9 Å². The number of benzene rings is 1. The van der Waals surface area contributed by atoms with Gasteiger partial charge in [0.1, 0.15) is 0 Å². The number of hydrogen-bond acceptors (Lipinski definition) is 2. The molecule has 0 spiro atoms. The van der Waals surface area contributed by atoms with Crippen LogP contribution >= 0.6 is 0 Å². The molecule has 1 amide bonds. The van der Waals surface area contributed by atoms with Gasteiger partial charge < -0.3 is 11.1 Å². The Morgan fingerprint density at radius 3 is 2.23 bits per heavy atom. The van der Waals surface area contributed by atoms with Crippen molar-refractivity contribution < 1.29 is 4.79 Å². The number of nitrogens with one attached hydrogen (secondary N) is 1. The smallest absolute Gasteiger partial charge is 0.230 e. The summed E-state index contributed by atoms with van der Waals surface area (Å²) in [5, 5.41) is 3.34. The van der Waals surface area contributed by atoms with E-state index in [0.29, 0.717) is 6.04 Å². The molecule has 3 fully saturated rings. The standard InChI is InChI=1S/C19H26N2O/c20-19(12-13-19)16-9-5-4-8-15(16)18(10-11-18)17(22)21-14-6-2-1-3-7-14/h4-5,8-9,14H,1-3,6-7,10-13,20H2,(H,21,22). The van der Waals surface area contributed by atoms with Crippen LogP contribution in [0.2, 0.25) is 0 Å². The second-order valence-electron chi connectivity index (χ2n) is 7.59. The van der Waals surface area contributed by atoms with Crippen molar-refractivity contribution in [2.24, 2.45) is 5.73 Å². The molecule has 22 heavy (non-hydrogen) atoms. The first kappa shape index (κ1) is 14.3. The highest BCUT2D eigenvalue weighted by Crippen LogP contribution is 2.54. The van der Waals surface area contributed by atoms with Gasteiger partial charge in [-0.2, -0.15) is 0 Å². The predicted molar refractivity (Wildman–Crippen MR) is 87.5 cm³/mol. The van der Waals surface area contributed by atoms with Gasteiger partial charge in [-0.1, -0.05) is 43.5 Å². The van der Waals surface area contributed by atoms with Crippen LogP contribution in [0.15, 0.2) is 24.3 Å². The molecule has 0 bridgehead atoms. The highest BCUT2D eigenvalue weighted by Gasteiger charge is 2.55. The lowest BCUT2D eigenvalue weighted by Crippen LogP contribution is -2.43. The van der Waals surface area contributed by atoms with Crippen molar-refractivity contribution in [1.29, 1.82) is 0 Å². The Balaban J connectivity index is 1.57. The number of hydrogen-bond donors (Lipinski definition) is 2. The van der Waals surface area contributed by atoms with Crippen molar-refractivity contribution in [3.8, 4) is 0 Å². The summed E-state index contributed by atoms with van der Waals surface area (Å²) < 4.78 is 0. The van der Waals surface area contributed by atoms with Crippen LogP contribution < -0.4 is 11.1 Å². The molecule has 0 radical (unpaired) electrons. The zero-order chi connectivity index (χ0) is 15.2. The molecule has 0 heterocycles. The summed E-state index contributed by atoms with van der Waals surface area (Å²) in [5.74, 6) is 0.246. The lowest BCUT2D eigenvalue weighted by atomic mass is 9.86. The highest BCUT2D eigenvalue weighted by molar-refractivity contribution is 5.92. The molecule has 0 unspecified atom stereocenters. The third-order valence-corrected chi connectivity index (χ3v) is 5.89. The van der Waals surface area contributed by atoms with E-state index in [1.54, 1.807) is 0 Å². The molecule has 1 aromatic rings. The Bertz CT molecular complexity index is 581. The van der Waals surface area contributed by atoms with Gasteiger partial charge in [0.2, 0.25) is 5.91 Å². The van der Waals surface area contributed by atoms with E-state index < -0.39 is 0 Å². The third kappa shape index (κ3) is 2.36. The van der Waals surface area contributed by atoms with Crippen LogP contribution in [0.25, 0.3) is 0 Å². The average Bonchev–Trinajstić information content (AvgIpc) is 3.45. The number of carbonyl (C=O) groups excluding carboxylic acids is 1. The molecule has 0 aliphatic heterocycles. The van der Waals surface area contributed by atoms with Crippen molar-refractivity contribution in [1.82, 2.24) is 5.32 Å². The molecule has 118 valence electrons. The Hall–Kier alpha value is -1.35. The van der Waals surface area contributed by atoms with Crippen LogP contribution in [0.5, 0.6) is 0 Å². The summed E-state index contributed by atoms with van der Waals surface area (Å²) in [6.07, 6.45) is 10.1. The molecule has 0 saturated heterocycles. The summed E-state index contributed by atoms with van der Waals surface area (Å²) in [4.78, 5) is 12.9. The number of carbonyl (C=O) groups is 1. The van der Waals surface area contributed by atoms with Crippen molar-refractivity contribution >= 4 is 5.91 Å². The monoisotopic (exact) mass is 298 g/mol. The van der Waals surface area contributed by atoms with Gasteiger partial charge in [-0.15, -0.1) is 0 Å². The van der Waals surface area contributed by atoms with Crippen LogP contribution in [0.4, 0.5) is 0 Å². The normalized spacial score (nSPS) is 25.5. The zero-order valence-electron chi connectivity index (χ0n) is 13.2. The maximum atomic E-state index is 12.9. The molecule has 0 atom stereocenters. The van der Waals surface area contributed by atoms with Crippen molar-refractivity contribution in [3.05, 3.63) is 35.4 Å². The third-order valence-electron chi connectivity index (χ3n) is 5.89. The molecule has 3 heteroatoms. The van der Waals surface area contributed by atoms with Gasteiger partial charge in [0.05, 0.1) is 5.41 Å². The van der Waals surface area contributed by atoms with Gasteiger partial charge in [-0.3, -0.25) is 4.79 Å². The molecular weight excluding hydrogens is 272 g/mol. The van der Waals surface area contributed by atoms with Crippen molar-refractivity contribution in [2.45, 2.75) is 74.8 Å². The lowest BCUT2D eigenvalue weighted by molar-refractivity contribution is -0.124. The summed E-state index contributed by atoms with van der Waals surface area (Å²) in [5.41, 5.74) is 8.40. The topological polar surface area (TPSA) is 55.1 Å². The first-order chi connectivity index (χ1) is 10.6. The average molecular weight is 298 g/mol. The molecule has 0 aromatic heterocycles. The van der Waals surface area contributed by atoms with Crippen LogP contribution in [0.3, 0.4) is 0 Å². The Morgan fingerprint density at radius 2 is 1.64 bits per heavy atom. The van der Waals surface area contributed by atoms with Crippen molar-refractivity contribution in [3.63, 3.8) is 0 Å².